The van der Waals surface area contributed by atoms with Crippen LogP contribution in [0.3, 0.4) is 0 Å². The summed E-state index contributed by atoms with van der Waals surface area (Å²) >= 11 is 0. The van der Waals surface area contributed by atoms with Gasteiger partial charge in [0.2, 0.25) is 0 Å². The van der Waals surface area contributed by atoms with Crippen LogP contribution in [0, 0.1) is 0 Å². The number of aliphatic hydroxyl groups excluding tert-OH is 1. The lowest BCUT2D eigenvalue weighted by Crippen LogP contribution is -2.28. The number of allylic oxidation sites excluding steroid dienone is 16. The standard InChI is InChI=1S/C71H124O5/c1-3-5-7-9-11-13-15-17-19-21-23-25-27-28-29-30-31-32-33-34-35-36-37-38-39-40-41-42-44-46-48-50-52-54-56-58-60-62-64-66-71(74)76-69(67-72)68-75-70(73)65-63-61-59-57-55-53-51-49-47-45-43-26-24-22-20-18-16-14-12-10-8-6-4-2/h5,7,11,13,17,19,22-25,28-29,31-32,34-35,69,72H,3-4,6,8-10,12,14-16,18,20-21,26-27,30,33,36-68H2,1-2H3/b7-5-,13-11-,19-17-,24-22-,25-23-,29-28-,32-31-,35-34-. The summed E-state index contributed by atoms with van der Waals surface area (Å²) < 4.78 is 10.7. The van der Waals surface area contributed by atoms with Crippen LogP contribution in [0.1, 0.15) is 322 Å². The second-order valence-electron chi connectivity index (χ2n) is 21.8. The van der Waals surface area contributed by atoms with Gasteiger partial charge >= 0.3 is 11.9 Å². The van der Waals surface area contributed by atoms with Crippen molar-refractivity contribution in [1.82, 2.24) is 0 Å². The van der Waals surface area contributed by atoms with Gasteiger partial charge in [-0.2, -0.15) is 0 Å². The molecule has 0 aromatic heterocycles. The second-order valence-corrected chi connectivity index (χ2v) is 21.8. The highest BCUT2D eigenvalue weighted by molar-refractivity contribution is 5.70. The Labute approximate surface area is 472 Å². The van der Waals surface area contributed by atoms with E-state index in [1.54, 1.807) is 0 Å². The van der Waals surface area contributed by atoms with Gasteiger partial charge in [0.15, 0.2) is 6.10 Å². The van der Waals surface area contributed by atoms with Gasteiger partial charge in [-0.05, 0) is 96.3 Å². The highest BCUT2D eigenvalue weighted by Crippen LogP contribution is 2.17. The quantitative estimate of drug-likeness (QED) is 0.0373. The first-order valence-corrected chi connectivity index (χ1v) is 32.8. The number of carbonyl (C=O) groups excluding carboxylic acids is 2. The molecule has 0 saturated carbocycles. The van der Waals surface area contributed by atoms with E-state index in [4.69, 9.17) is 9.47 Å². The zero-order chi connectivity index (χ0) is 54.8. The third-order valence-electron chi connectivity index (χ3n) is 14.4. The van der Waals surface area contributed by atoms with E-state index < -0.39 is 6.10 Å². The molecule has 0 spiro atoms. The fourth-order valence-electron chi connectivity index (χ4n) is 9.47. The van der Waals surface area contributed by atoms with Crippen LogP contribution < -0.4 is 0 Å². The molecule has 0 bridgehead atoms. The summed E-state index contributed by atoms with van der Waals surface area (Å²) in [7, 11) is 0. The first-order chi connectivity index (χ1) is 37.6. The number of ether oxygens (including phenoxy) is 2. The third-order valence-corrected chi connectivity index (χ3v) is 14.4. The molecule has 438 valence electrons. The maximum atomic E-state index is 12.3. The lowest BCUT2D eigenvalue weighted by molar-refractivity contribution is -0.161. The van der Waals surface area contributed by atoms with Gasteiger partial charge in [-0.3, -0.25) is 9.59 Å². The number of carbonyl (C=O) groups is 2. The molecule has 5 nitrogen and oxygen atoms in total. The van der Waals surface area contributed by atoms with Crippen molar-refractivity contribution >= 4 is 11.9 Å². The molecule has 0 aliphatic rings. The van der Waals surface area contributed by atoms with Crippen LogP contribution in [-0.4, -0.2) is 36.4 Å². The zero-order valence-electron chi connectivity index (χ0n) is 50.3. The average Bonchev–Trinajstić information content (AvgIpc) is 3.42. The molecule has 1 unspecified atom stereocenters. The molecule has 0 aromatic carbocycles. The number of rotatable bonds is 60. The van der Waals surface area contributed by atoms with Crippen molar-refractivity contribution in [2.45, 2.75) is 328 Å². The summed E-state index contributed by atoms with van der Waals surface area (Å²) in [6, 6.07) is 0. The second kappa shape index (κ2) is 66.1. The molecular weight excluding hydrogens is 933 g/mol. The Hall–Kier alpha value is -3.18. The molecule has 1 N–H and O–H groups in total. The Morgan fingerprint density at radius 1 is 0.316 bits per heavy atom. The first kappa shape index (κ1) is 72.8. The summed E-state index contributed by atoms with van der Waals surface area (Å²) in [6.45, 7) is 4.06. The zero-order valence-corrected chi connectivity index (χ0v) is 50.3. The number of esters is 2. The number of hydrogen-bond donors (Lipinski definition) is 1. The minimum absolute atomic E-state index is 0.0656. The fraction of sp³-hybridized carbons (Fsp3) is 0.746. The monoisotopic (exact) mass is 1060 g/mol. The smallest absolute Gasteiger partial charge is 0.306 e. The van der Waals surface area contributed by atoms with Gasteiger partial charge in [0.1, 0.15) is 6.61 Å². The molecular formula is C71H124O5. The largest absolute Gasteiger partial charge is 0.462 e. The van der Waals surface area contributed by atoms with Crippen molar-refractivity contribution in [2.75, 3.05) is 13.2 Å². The van der Waals surface area contributed by atoms with E-state index in [2.05, 4.69) is 111 Å². The van der Waals surface area contributed by atoms with Gasteiger partial charge in [0.25, 0.3) is 0 Å². The Morgan fingerprint density at radius 2 is 0.566 bits per heavy atom. The normalized spacial score (nSPS) is 12.8. The molecule has 1 atom stereocenters. The molecule has 0 saturated heterocycles. The van der Waals surface area contributed by atoms with Gasteiger partial charge < -0.3 is 14.6 Å². The van der Waals surface area contributed by atoms with E-state index >= 15 is 0 Å². The van der Waals surface area contributed by atoms with E-state index in [0.29, 0.717) is 12.8 Å². The molecule has 0 rings (SSSR count). The predicted octanol–water partition coefficient (Wildman–Crippen LogP) is 22.6. The van der Waals surface area contributed by atoms with Crippen molar-refractivity contribution in [3.05, 3.63) is 97.2 Å². The van der Waals surface area contributed by atoms with Crippen LogP contribution in [0.2, 0.25) is 0 Å². The van der Waals surface area contributed by atoms with Crippen molar-refractivity contribution in [3.63, 3.8) is 0 Å². The molecule has 0 aliphatic heterocycles. The minimum atomic E-state index is -0.776. The van der Waals surface area contributed by atoms with Gasteiger partial charge in [0, 0.05) is 12.8 Å². The lowest BCUT2D eigenvalue weighted by atomic mass is 10.0. The van der Waals surface area contributed by atoms with Crippen LogP contribution >= 0.6 is 0 Å². The van der Waals surface area contributed by atoms with Crippen molar-refractivity contribution < 1.29 is 24.2 Å². The maximum absolute atomic E-state index is 12.3. The Balaban J connectivity index is 3.46. The molecule has 0 heterocycles. The SMILES string of the molecule is CC/C=C\C/C=C\C/C=C\C/C=C\C/C=C\C/C=C\C/C=C\CCCCCCCCCCCCCCCCCCCC(=O)OC(CO)COC(=O)CCCCCCCCCCCCC/C=C\CCCCCCCCCC. The average molecular weight is 1060 g/mol. The van der Waals surface area contributed by atoms with Crippen LogP contribution in [0.4, 0.5) is 0 Å². The third kappa shape index (κ3) is 63.4. The Bertz CT molecular complexity index is 1430. The summed E-state index contributed by atoms with van der Waals surface area (Å²) in [5.74, 6) is -0.580. The summed E-state index contributed by atoms with van der Waals surface area (Å²) in [4.78, 5) is 24.6. The lowest BCUT2D eigenvalue weighted by Gasteiger charge is -2.15. The van der Waals surface area contributed by atoms with E-state index in [-0.39, 0.29) is 25.2 Å². The molecule has 76 heavy (non-hydrogen) atoms. The van der Waals surface area contributed by atoms with Gasteiger partial charge in [-0.1, -0.05) is 310 Å². The van der Waals surface area contributed by atoms with Gasteiger partial charge in [0.05, 0.1) is 6.61 Å². The van der Waals surface area contributed by atoms with E-state index in [0.717, 1.165) is 83.5 Å². The van der Waals surface area contributed by atoms with Crippen LogP contribution in [0.15, 0.2) is 97.2 Å². The molecule has 0 amide bonds. The topological polar surface area (TPSA) is 72.8 Å². The Morgan fingerprint density at radius 3 is 0.868 bits per heavy atom. The highest BCUT2D eigenvalue weighted by Gasteiger charge is 2.16. The van der Waals surface area contributed by atoms with E-state index in [9.17, 15) is 14.7 Å². The minimum Gasteiger partial charge on any atom is -0.462 e. The molecule has 0 radical (unpaired) electrons. The molecule has 0 aromatic rings. The number of unbranched alkanes of at least 4 members (excludes halogenated alkanes) is 36. The predicted molar refractivity (Wildman–Crippen MR) is 334 cm³/mol. The van der Waals surface area contributed by atoms with Gasteiger partial charge in [-0.15, -0.1) is 0 Å². The first-order valence-electron chi connectivity index (χ1n) is 32.8. The molecule has 5 heteroatoms. The summed E-state index contributed by atoms with van der Waals surface area (Å²) in [6.07, 6.45) is 94.2. The van der Waals surface area contributed by atoms with E-state index in [1.165, 1.54) is 212 Å². The van der Waals surface area contributed by atoms with Crippen molar-refractivity contribution in [3.8, 4) is 0 Å². The van der Waals surface area contributed by atoms with Crippen LogP contribution in [0.5, 0.6) is 0 Å². The summed E-state index contributed by atoms with van der Waals surface area (Å²) in [5, 5.41) is 9.68. The van der Waals surface area contributed by atoms with Crippen LogP contribution in [-0.2, 0) is 19.1 Å². The summed E-state index contributed by atoms with van der Waals surface area (Å²) in [5.41, 5.74) is 0. The molecule has 0 aliphatic carbocycles. The number of hydrogen-bond acceptors (Lipinski definition) is 5. The highest BCUT2D eigenvalue weighted by atomic mass is 16.6. The Kier molecular flexibility index (Phi) is 63.3. The van der Waals surface area contributed by atoms with Crippen LogP contribution in [0.25, 0.3) is 0 Å². The fourth-order valence-corrected chi connectivity index (χ4v) is 9.47. The van der Waals surface area contributed by atoms with Gasteiger partial charge in [-0.25, -0.2) is 0 Å². The molecule has 0 fully saturated rings. The van der Waals surface area contributed by atoms with Crippen molar-refractivity contribution in [1.29, 1.82) is 0 Å². The van der Waals surface area contributed by atoms with E-state index in [1.807, 2.05) is 0 Å². The van der Waals surface area contributed by atoms with Crippen molar-refractivity contribution in [2.24, 2.45) is 0 Å². The number of aliphatic hydroxyl groups is 1. The maximum Gasteiger partial charge on any atom is 0.306 e.